The molecule has 1 heterocycles. The molecule has 11 heteroatoms. The van der Waals surface area contributed by atoms with E-state index in [-0.39, 0.29) is 22.9 Å². The van der Waals surface area contributed by atoms with Crippen molar-refractivity contribution in [3.05, 3.63) is 40.8 Å². The van der Waals surface area contributed by atoms with Crippen molar-refractivity contribution in [3.63, 3.8) is 0 Å². The Morgan fingerprint density at radius 1 is 1.03 bits per heavy atom. The molecule has 6 nitrogen and oxygen atoms in total. The van der Waals surface area contributed by atoms with Gasteiger partial charge in [0.05, 0.1) is 11.3 Å². The third-order valence-electron chi connectivity index (χ3n) is 6.51. The molecule has 0 amide bonds. The Balaban J connectivity index is 1.30. The fourth-order valence-electron chi connectivity index (χ4n) is 4.75. The number of aromatic nitrogens is 2. The molecule has 35 heavy (non-hydrogen) atoms. The van der Waals surface area contributed by atoms with Gasteiger partial charge < -0.3 is 20.9 Å². The van der Waals surface area contributed by atoms with Gasteiger partial charge in [-0.1, -0.05) is 0 Å². The SMILES string of the molecule is CN(C)c1nc(NC2CCC(NC(=S)Nc3ccc(F)c(C(F)(F)F)c3)CC2)nc2c1CCCC2. The van der Waals surface area contributed by atoms with Gasteiger partial charge in [-0.3, -0.25) is 0 Å². The summed E-state index contributed by atoms with van der Waals surface area (Å²) < 4.78 is 52.3. The van der Waals surface area contributed by atoms with E-state index in [2.05, 4.69) is 16.0 Å². The average Bonchev–Trinajstić information content (AvgIpc) is 2.80. The molecular formula is C24H30F4N6S. The summed E-state index contributed by atoms with van der Waals surface area (Å²) in [5.74, 6) is 0.339. The first kappa shape index (κ1) is 25.4. The van der Waals surface area contributed by atoms with Crippen LogP contribution in [0.15, 0.2) is 18.2 Å². The summed E-state index contributed by atoms with van der Waals surface area (Å²) in [6.07, 6.45) is 2.98. The van der Waals surface area contributed by atoms with E-state index in [0.717, 1.165) is 68.6 Å². The zero-order valence-corrected chi connectivity index (χ0v) is 20.6. The molecule has 1 saturated carbocycles. The highest BCUT2D eigenvalue weighted by molar-refractivity contribution is 7.80. The van der Waals surface area contributed by atoms with Gasteiger partial charge >= 0.3 is 6.18 Å². The first-order valence-electron chi connectivity index (χ1n) is 11.9. The van der Waals surface area contributed by atoms with Crippen LogP contribution >= 0.6 is 12.2 Å². The molecule has 4 rings (SSSR count). The van der Waals surface area contributed by atoms with E-state index in [9.17, 15) is 17.6 Å². The molecule has 2 aliphatic rings. The second kappa shape index (κ2) is 10.5. The molecule has 1 fully saturated rings. The number of nitrogens with one attached hydrogen (secondary N) is 3. The molecule has 0 spiro atoms. The molecule has 1 aromatic carbocycles. The van der Waals surface area contributed by atoms with E-state index in [4.69, 9.17) is 22.2 Å². The van der Waals surface area contributed by atoms with Gasteiger partial charge in [0.2, 0.25) is 5.95 Å². The Labute approximate surface area is 207 Å². The molecular weight excluding hydrogens is 480 g/mol. The fraction of sp³-hybridized carbons (Fsp3) is 0.542. The minimum absolute atomic E-state index is 0.0906. The van der Waals surface area contributed by atoms with E-state index < -0.39 is 17.6 Å². The maximum Gasteiger partial charge on any atom is 0.419 e. The summed E-state index contributed by atoms with van der Waals surface area (Å²) in [6, 6.07) is 3.08. The molecule has 2 aliphatic carbocycles. The summed E-state index contributed by atoms with van der Waals surface area (Å²) in [7, 11) is 4.01. The fourth-order valence-corrected chi connectivity index (χ4v) is 5.03. The average molecular weight is 511 g/mol. The van der Waals surface area contributed by atoms with Crippen molar-refractivity contribution in [2.45, 2.75) is 69.6 Å². The van der Waals surface area contributed by atoms with Gasteiger partial charge in [0, 0.05) is 37.4 Å². The summed E-state index contributed by atoms with van der Waals surface area (Å²) in [4.78, 5) is 11.6. The number of aryl methyl sites for hydroxylation is 1. The lowest BCUT2D eigenvalue weighted by atomic mass is 9.91. The molecule has 0 radical (unpaired) electrons. The molecule has 0 unspecified atom stereocenters. The Morgan fingerprint density at radius 2 is 1.71 bits per heavy atom. The van der Waals surface area contributed by atoms with Gasteiger partial charge in [0.25, 0.3) is 0 Å². The van der Waals surface area contributed by atoms with Crippen molar-refractivity contribution < 1.29 is 17.6 Å². The van der Waals surface area contributed by atoms with Crippen LogP contribution in [0.5, 0.6) is 0 Å². The Morgan fingerprint density at radius 3 is 2.40 bits per heavy atom. The third-order valence-corrected chi connectivity index (χ3v) is 6.73. The number of rotatable bonds is 5. The van der Waals surface area contributed by atoms with Crippen molar-refractivity contribution in [2.75, 3.05) is 29.6 Å². The Hall–Kier alpha value is -2.69. The van der Waals surface area contributed by atoms with Crippen molar-refractivity contribution >= 4 is 34.8 Å². The number of halogens is 4. The second-order valence-electron chi connectivity index (χ2n) is 9.38. The van der Waals surface area contributed by atoms with Gasteiger partial charge in [-0.05, 0) is 81.8 Å². The Kier molecular flexibility index (Phi) is 7.63. The molecule has 0 bridgehead atoms. The van der Waals surface area contributed by atoms with E-state index in [1.165, 1.54) is 18.1 Å². The standard InChI is InChI=1S/C24H30F4N6S/c1-34(2)21-17-5-3-4-6-20(17)32-22(33-21)29-14-7-9-15(10-8-14)30-23(35)31-16-11-12-19(25)18(13-16)24(26,27)28/h11-15H,3-10H2,1-2H3,(H,29,32,33)(H2,30,31,35). The summed E-state index contributed by atoms with van der Waals surface area (Å²) >= 11 is 5.28. The van der Waals surface area contributed by atoms with Crippen LogP contribution in [0.3, 0.4) is 0 Å². The third kappa shape index (κ3) is 6.31. The maximum atomic E-state index is 13.5. The van der Waals surface area contributed by atoms with Gasteiger partial charge in [0.15, 0.2) is 5.11 Å². The minimum Gasteiger partial charge on any atom is -0.362 e. The van der Waals surface area contributed by atoms with E-state index in [1.807, 2.05) is 19.0 Å². The van der Waals surface area contributed by atoms with Gasteiger partial charge in [-0.15, -0.1) is 0 Å². The van der Waals surface area contributed by atoms with Crippen LogP contribution in [0.4, 0.5) is 35.0 Å². The predicted molar refractivity (Wildman–Crippen MR) is 133 cm³/mol. The smallest absolute Gasteiger partial charge is 0.362 e. The Bertz CT molecular complexity index is 1070. The lowest BCUT2D eigenvalue weighted by Gasteiger charge is -2.31. The lowest BCUT2D eigenvalue weighted by Crippen LogP contribution is -2.42. The number of benzene rings is 1. The zero-order valence-electron chi connectivity index (χ0n) is 19.8. The quantitative estimate of drug-likeness (QED) is 0.373. The topological polar surface area (TPSA) is 65.1 Å². The van der Waals surface area contributed by atoms with Crippen LogP contribution in [-0.2, 0) is 19.0 Å². The molecule has 2 aromatic rings. The predicted octanol–water partition coefficient (Wildman–Crippen LogP) is 5.29. The van der Waals surface area contributed by atoms with Gasteiger partial charge in [-0.25, -0.2) is 9.37 Å². The first-order chi connectivity index (χ1) is 16.6. The summed E-state index contributed by atoms with van der Waals surface area (Å²) in [5, 5.41) is 9.62. The minimum atomic E-state index is -4.77. The second-order valence-corrected chi connectivity index (χ2v) is 9.79. The number of hydrogen-bond donors (Lipinski definition) is 3. The highest BCUT2D eigenvalue weighted by Gasteiger charge is 2.34. The number of nitrogens with zero attached hydrogens (tertiary/aromatic N) is 3. The number of fused-ring (bicyclic) bond motifs is 1. The zero-order chi connectivity index (χ0) is 25.2. The molecule has 3 N–H and O–H groups in total. The first-order valence-corrected chi connectivity index (χ1v) is 12.3. The molecule has 1 aromatic heterocycles. The van der Waals surface area contributed by atoms with Gasteiger partial charge in [0.1, 0.15) is 11.6 Å². The van der Waals surface area contributed by atoms with Crippen LogP contribution in [0.2, 0.25) is 0 Å². The van der Waals surface area contributed by atoms with Crippen molar-refractivity contribution in [1.29, 1.82) is 0 Å². The van der Waals surface area contributed by atoms with E-state index in [1.54, 1.807) is 0 Å². The number of thiocarbonyl (C=S) groups is 1. The normalized spacial score (nSPS) is 20.1. The number of alkyl halides is 3. The van der Waals surface area contributed by atoms with E-state index in [0.29, 0.717) is 5.95 Å². The van der Waals surface area contributed by atoms with Crippen LogP contribution in [-0.4, -0.2) is 41.3 Å². The highest BCUT2D eigenvalue weighted by Crippen LogP contribution is 2.33. The number of hydrogen-bond acceptors (Lipinski definition) is 5. The molecule has 0 saturated heterocycles. The number of anilines is 3. The largest absolute Gasteiger partial charge is 0.419 e. The van der Waals surface area contributed by atoms with Crippen LogP contribution in [0.25, 0.3) is 0 Å². The van der Waals surface area contributed by atoms with E-state index >= 15 is 0 Å². The molecule has 190 valence electrons. The summed E-state index contributed by atoms with van der Waals surface area (Å²) in [6.45, 7) is 0. The lowest BCUT2D eigenvalue weighted by molar-refractivity contribution is -0.139. The maximum absolute atomic E-state index is 13.5. The van der Waals surface area contributed by atoms with Crippen molar-refractivity contribution in [1.82, 2.24) is 15.3 Å². The van der Waals surface area contributed by atoms with Crippen LogP contribution < -0.4 is 20.9 Å². The summed E-state index contributed by atoms with van der Waals surface area (Å²) in [5.41, 5.74) is 1.16. The molecule has 0 aliphatic heterocycles. The highest BCUT2D eigenvalue weighted by atomic mass is 32.1. The monoisotopic (exact) mass is 510 g/mol. The van der Waals surface area contributed by atoms with Crippen molar-refractivity contribution in [2.24, 2.45) is 0 Å². The van der Waals surface area contributed by atoms with Crippen LogP contribution in [0.1, 0.15) is 55.3 Å². The van der Waals surface area contributed by atoms with Crippen molar-refractivity contribution in [3.8, 4) is 0 Å². The van der Waals surface area contributed by atoms with Crippen LogP contribution in [0, 0.1) is 5.82 Å². The van der Waals surface area contributed by atoms with Gasteiger partial charge in [-0.2, -0.15) is 18.2 Å². The molecule has 0 atom stereocenters.